The van der Waals surface area contributed by atoms with Crippen LogP contribution < -0.4 is 0 Å². The highest BCUT2D eigenvalue weighted by molar-refractivity contribution is 5.28. The van der Waals surface area contributed by atoms with Crippen molar-refractivity contribution < 1.29 is 4.74 Å². The average molecular weight is 165 g/mol. The molecule has 0 aromatic carbocycles. The maximum atomic E-state index is 5.47. The highest BCUT2D eigenvalue weighted by Gasteiger charge is 2.10. The third kappa shape index (κ3) is 1.98. The summed E-state index contributed by atoms with van der Waals surface area (Å²) in [5.74, 6) is 0.870. The fourth-order valence-corrected chi connectivity index (χ4v) is 1.21. The van der Waals surface area contributed by atoms with Crippen molar-refractivity contribution in [2.75, 3.05) is 26.7 Å². The summed E-state index contributed by atoms with van der Waals surface area (Å²) < 4.78 is 5.47. The van der Waals surface area contributed by atoms with Crippen molar-refractivity contribution in [3.63, 3.8) is 0 Å². The zero-order valence-corrected chi connectivity index (χ0v) is 7.55. The Morgan fingerprint density at radius 2 is 2.17 bits per heavy atom. The minimum Gasteiger partial charge on any atom is -0.492 e. The van der Waals surface area contributed by atoms with Crippen molar-refractivity contribution in [1.29, 1.82) is 0 Å². The highest BCUT2D eigenvalue weighted by Crippen LogP contribution is 2.13. The predicted molar refractivity (Wildman–Crippen MR) is 50.9 cm³/mol. The van der Waals surface area contributed by atoms with E-state index in [2.05, 4.69) is 25.1 Å². The van der Waals surface area contributed by atoms with Crippen molar-refractivity contribution in [2.45, 2.75) is 0 Å². The molecule has 1 aliphatic heterocycles. The molecule has 0 spiro atoms. The lowest BCUT2D eigenvalue weighted by Gasteiger charge is -2.11. The van der Waals surface area contributed by atoms with Gasteiger partial charge in [-0.2, -0.15) is 0 Å². The molecule has 1 aliphatic rings. The lowest BCUT2D eigenvalue weighted by atomic mass is 10.2. The highest BCUT2D eigenvalue weighted by atomic mass is 16.5. The van der Waals surface area contributed by atoms with Gasteiger partial charge in [0.15, 0.2) is 0 Å². The molecule has 0 unspecified atom stereocenters. The number of allylic oxidation sites excluding steroid dienone is 1. The lowest BCUT2D eigenvalue weighted by molar-refractivity contribution is 0.203. The number of likely N-dealkylation sites (N-methyl/N-ethyl adjacent to an activating group) is 1. The molecule has 1 rings (SSSR count). The van der Waals surface area contributed by atoms with E-state index in [9.17, 15) is 0 Å². The SMILES string of the molecule is C=CC1=C(C=C)OCCN(C)C1. The minimum absolute atomic E-state index is 0.731. The first-order chi connectivity index (χ1) is 5.77. The third-order valence-corrected chi connectivity index (χ3v) is 1.92. The van der Waals surface area contributed by atoms with Crippen LogP contribution in [0.15, 0.2) is 36.6 Å². The van der Waals surface area contributed by atoms with Crippen LogP contribution in [0.25, 0.3) is 0 Å². The van der Waals surface area contributed by atoms with Gasteiger partial charge < -0.3 is 4.74 Å². The van der Waals surface area contributed by atoms with E-state index in [1.165, 1.54) is 0 Å². The summed E-state index contributed by atoms with van der Waals surface area (Å²) >= 11 is 0. The van der Waals surface area contributed by atoms with Crippen molar-refractivity contribution in [3.05, 3.63) is 36.6 Å². The van der Waals surface area contributed by atoms with Crippen molar-refractivity contribution >= 4 is 0 Å². The van der Waals surface area contributed by atoms with Gasteiger partial charge in [0, 0.05) is 18.7 Å². The molecule has 0 radical (unpaired) electrons. The molecular formula is C10H15NO. The summed E-state index contributed by atoms with van der Waals surface area (Å²) in [6.07, 6.45) is 3.58. The molecule has 0 saturated heterocycles. The lowest BCUT2D eigenvalue weighted by Crippen LogP contribution is -2.22. The molecule has 0 saturated carbocycles. The fourth-order valence-electron chi connectivity index (χ4n) is 1.21. The predicted octanol–water partition coefficient (Wildman–Crippen LogP) is 1.57. The molecule has 2 nitrogen and oxygen atoms in total. The second kappa shape index (κ2) is 4.12. The Labute approximate surface area is 73.8 Å². The van der Waals surface area contributed by atoms with E-state index in [-0.39, 0.29) is 0 Å². The first kappa shape index (κ1) is 9.07. The van der Waals surface area contributed by atoms with Gasteiger partial charge in [0.2, 0.25) is 0 Å². The number of hydrogen-bond donors (Lipinski definition) is 0. The Morgan fingerprint density at radius 1 is 1.42 bits per heavy atom. The van der Waals surface area contributed by atoms with Crippen LogP contribution in [0.2, 0.25) is 0 Å². The van der Waals surface area contributed by atoms with E-state index in [0.29, 0.717) is 0 Å². The second-order valence-corrected chi connectivity index (χ2v) is 2.88. The molecule has 0 aromatic rings. The minimum atomic E-state index is 0.731. The van der Waals surface area contributed by atoms with Crippen LogP contribution >= 0.6 is 0 Å². The molecule has 66 valence electrons. The van der Waals surface area contributed by atoms with Crippen molar-refractivity contribution in [3.8, 4) is 0 Å². The Balaban J connectivity index is 2.84. The van der Waals surface area contributed by atoms with E-state index >= 15 is 0 Å². The number of ether oxygens (including phenoxy) is 1. The summed E-state index contributed by atoms with van der Waals surface area (Å²) in [5.41, 5.74) is 1.12. The topological polar surface area (TPSA) is 12.5 Å². The first-order valence-electron chi connectivity index (χ1n) is 4.07. The molecule has 0 aliphatic carbocycles. The van der Waals surface area contributed by atoms with E-state index in [0.717, 1.165) is 31.0 Å². The van der Waals surface area contributed by atoms with Gasteiger partial charge in [0.25, 0.3) is 0 Å². The molecule has 2 heteroatoms. The summed E-state index contributed by atoms with van der Waals surface area (Å²) in [7, 11) is 2.07. The van der Waals surface area contributed by atoms with Crippen LogP contribution in [0.4, 0.5) is 0 Å². The van der Waals surface area contributed by atoms with Gasteiger partial charge in [-0.1, -0.05) is 19.2 Å². The Bertz CT molecular complexity index is 218. The Kier molecular flexibility index (Phi) is 3.11. The maximum Gasteiger partial charge on any atom is 0.123 e. The second-order valence-electron chi connectivity index (χ2n) is 2.88. The van der Waals surface area contributed by atoms with Crippen molar-refractivity contribution in [2.24, 2.45) is 0 Å². The molecule has 0 N–H and O–H groups in total. The molecule has 0 amide bonds. The van der Waals surface area contributed by atoms with Gasteiger partial charge in [-0.15, -0.1) is 0 Å². The number of hydrogen-bond acceptors (Lipinski definition) is 2. The first-order valence-corrected chi connectivity index (χ1v) is 4.07. The smallest absolute Gasteiger partial charge is 0.123 e. The molecule has 0 bridgehead atoms. The van der Waals surface area contributed by atoms with Gasteiger partial charge in [-0.05, 0) is 13.1 Å². The van der Waals surface area contributed by atoms with Crippen LogP contribution in [-0.2, 0) is 4.74 Å². The van der Waals surface area contributed by atoms with Gasteiger partial charge >= 0.3 is 0 Å². The Morgan fingerprint density at radius 3 is 2.75 bits per heavy atom. The van der Waals surface area contributed by atoms with Gasteiger partial charge in [-0.25, -0.2) is 0 Å². The largest absolute Gasteiger partial charge is 0.492 e. The quantitative estimate of drug-likeness (QED) is 0.616. The average Bonchev–Trinajstić information content (AvgIpc) is 2.26. The standard InChI is InChI=1S/C10H15NO/c1-4-9-8-11(3)6-7-12-10(9)5-2/h4-5H,1-2,6-8H2,3H3. The van der Waals surface area contributed by atoms with Gasteiger partial charge in [0.1, 0.15) is 12.4 Å². The van der Waals surface area contributed by atoms with Gasteiger partial charge in [-0.3, -0.25) is 4.90 Å². The fraction of sp³-hybridized carbons (Fsp3) is 0.400. The molecule has 0 atom stereocenters. The van der Waals surface area contributed by atoms with Crippen molar-refractivity contribution in [1.82, 2.24) is 4.90 Å². The number of rotatable bonds is 2. The van der Waals surface area contributed by atoms with Crippen LogP contribution in [0, 0.1) is 0 Å². The van der Waals surface area contributed by atoms with E-state index in [4.69, 9.17) is 4.74 Å². The summed E-state index contributed by atoms with van der Waals surface area (Å²) in [6, 6.07) is 0. The summed E-state index contributed by atoms with van der Waals surface area (Å²) in [6.45, 7) is 10.0. The van der Waals surface area contributed by atoms with Crippen LogP contribution in [0.3, 0.4) is 0 Å². The summed E-state index contributed by atoms with van der Waals surface area (Å²) in [5, 5.41) is 0. The normalized spacial score (nSPS) is 19.8. The molecule has 1 heterocycles. The molecule has 12 heavy (non-hydrogen) atoms. The maximum absolute atomic E-state index is 5.47. The Hall–Kier alpha value is -1.02. The number of nitrogens with zero attached hydrogens (tertiary/aromatic N) is 1. The molecular weight excluding hydrogens is 150 g/mol. The van der Waals surface area contributed by atoms with Gasteiger partial charge in [0.05, 0.1) is 0 Å². The van der Waals surface area contributed by atoms with E-state index in [1.54, 1.807) is 6.08 Å². The van der Waals surface area contributed by atoms with Crippen LogP contribution in [0.1, 0.15) is 0 Å². The third-order valence-electron chi connectivity index (χ3n) is 1.92. The van der Waals surface area contributed by atoms with Crippen LogP contribution in [0.5, 0.6) is 0 Å². The zero-order chi connectivity index (χ0) is 8.97. The monoisotopic (exact) mass is 165 g/mol. The van der Waals surface area contributed by atoms with Crippen LogP contribution in [-0.4, -0.2) is 31.6 Å². The molecule has 0 fully saturated rings. The zero-order valence-electron chi connectivity index (χ0n) is 7.55. The van der Waals surface area contributed by atoms with E-state index in [1.807, 2.05) is 6.08 Å². The van der Waals surface area contributed by atoms with E-state index < -0.39 is 0 Å². The molecule has 0 aromatic heterocycles. The summed E-state index contributed by atoms with van der Waals surface area (Å²) in [4.78, 5) is 2.20.